The molecule has 2 aliphatic carbocycles. The van der Waals surface area contributed by atoms with Gasteiger partial charge in [-0.05, 0) is 20.8 Å². The second kappa shape index (κ2) is 5.08. The van der Waals surface area contributed by atoms with Crippen molar-refractivity contribution in [2.24, 2.45) is 17.8 Å². The molecule has 3 heterocycles. The van der Waals surface area contributed by atoms with Gasteiger partial charge in [-0.1, -0.05) is 24.3 Å². The van der Waals surface area contributed by atoms with E-state index in [1.807, 2.05) is 6.92 Å². The Morgan fingerprint density at radius 2 is 2.15 bits per heavy atom. The highest BCUT2D eigenvalue weighted by molar-refractivity contribution is 5.92. The quantitative estimate of drug-likeness (QED) is 0.324. The van der Waals surface area contributed by atoms with E-state index in [4.69, 9.17) is 18.9 Å². The Morgan fingerprint density at radius 1 is 1.42 bits per heavy atom. The number of epoxide rings is 1. The number of hydrogen-bond donors (Lipinski definition) is 0. The van der Waals surface area contributed by atoms with Crippen molar-refractivity contribution in [2.45, 2.75) is 50.8 Å². The standard InChI is InChI=1S/C20H22O6/c1-5-8(2)18(21)26-16-13-10(4)19(22)25-15(13)12-9(3)6-11-14(12)20(7-23-20)17(16)24-11/h5-6,11-17H,4,7H2,1-3H3/b8-5+/t11-,12-,13-,14+,15+,16-,17-,20-/m0/s1. The van der Waals surface area contributed by atoms with Crippen LogP contribution in [0.3, 0.4) is 0 Å². The number of carbonyl (C=O) groups is 2. The molecule has 1 saturated carbocycles. The summed E-state index contributed by atoms with van der Waals surface area (Å²) in [4.78, 5) is 24.8. The number of ether oxygens (including phenoxy) is 4. The summed E-state index contributed by atoms with van der Waals surface area (Å²) in [6, 6.07) is 0. The SMILES string of the molecule is C=C1C(=O)O[C@H]2[C@H]1[C@H](OC(=O)/C(C)=C/C)[C@@H]1O[C@H]3C=C(C)[C@H]2[C@@H]3[C@@]12CO2. The highest BCUT2D eigenvalue weighted by Crippen LogP contribution is 2.63. The van der Waals surface area contributed by atoms with Crippen molar-refractivity contribution in [3.05, 3.63) is 35.5 Å². The molecular weight excluding hydrogens is 336 g/mol. The molecule has 4 fully saturated rings. The third kappa shape index (κ3) is 1.84. The van der Waals surface area contributed by atoms with E-state index in [-0.39, 0.29) is 24.0 Å². The summed E-state index contributed by atoms with van der Waals surface area (Å²) in [5.74, 6) is -1.14. The van der Waals surface area contributed by atoms with Crippen molar-refractivity contribution in [3.8, 4) is 0 Å². The van der Waals surface area contributed by atoms with Gasteiger partial charge in [0.15, 0.2) is 0 Å². The first kappa shape index (κ1) is 16.3. The van der Waals surface area contributed by atoms with Crippen molar-refractivity contribution in [1.29, 1.82) is 0 Å². The number of hydrogen-bond acceptors (Lipinski definition) is 6. The van der Waals surface area contributed by atoms with Crippen LogP contribution < -0.4 is 0 Å². The first-order valence-corrected chi connectivity index (χ1v) is 9.10. The van der Waals surface area contributed by atoms with Crippen molar-refractivity contribution in [3.63, 3.8) is 0 Å². The third-order valence-corrected chi connectivity index (χ3v) is 6.79. The van der Waals surface area contributed by atoms with Gasteiger partial charge in [0.1, 0.15) is 23.9 Å². The molecule has 6 heteroatoms. The van der Waals surface area contributed by atoms with Gasteiger partial charge in [0, 0.05) is 23.0 Å². The van der Waals surface area contributed by atoms with Crippen LogP contribution in [0.1, 0.15) is 20.8 Å². The molecule has 0 amide bonds. The normalized spacial score (nSPS) is 48.2. The Balaban J connectivity index is 1.61. The Kier molecular flexibility index (Phi) is 3.18. The maximum absolute atomic E-state index is 12.5. The summed E-state index contributed by atoms with van der Waals surface area (Å²) < 4.78 is 23.9. The van der Waals surface area contributed by atoms with E-state index in [1.54, 1.807) is 19.9 Å². The van der Waals surface area contributed by atoms with Crippen LogP contribution in [0.15, 0.2) is 35.5 Å². The smallest absolute Gasteiger partial charge is 0.334 e. The fourth-order valence-corrected chi connectivity index (χ4v) is 5.35. The lowest BCUT2D eigenvalue weighted by Gasteiger charge is -2.32. The van der Waals surface area contributed by atoms with Gasteiger partial charge < -0.3 is 18.9 Å². The maximum atomic E-state index is 12.5. The molecule has 0 aromatic rings. The molecule has 0 aromatic carbocycles. The minimum absolute atomic E-state index is 0.00668. The van der Waals surface area contributed by atoms with Gasteiger partial charge in [-0.2, -0.15) is 0 Å². The van der Waals surface area contributed by atoms with Crippen molar-refractivity contribution < 1.29 is 28.5 Å². The van der Waals surface area contributed by atoms with Crippen LogP contribution in [-0.4, -0.2) is 48.6 Å². The summed E-state index contributed by atoms with van der Waals surface area (Å²) in [7, 11) is 0. The van der Waals surface area contributed by atoms with Crippen LogP contribution in [0.25, 0.3) is 0 Å². The zero-order valence-electron chi connectivity index (χ0n) is 15.1. The molecule has 5 aliphatic rings. The van der Waals surface area contributed by atoms with Gasteiger partial charge in [-0.25, -0.2) is 9.59 Å². The predicted octanol–water partition coefficient (Wildman–Crippen LogP) is 1.70. The molecule has 26 heavy (non-hydrogen) atoms. The summed E-state index contributed by atoms with van der Waals surface area (Å²) in [5.41, 5.74) is 1.55. The van der Waals surface area contributed by atoms with E-state index in [1.165, 1.54) is 0 Å². The molecule has 0 unspecified atom stereocenters. The van der Waals surface area contributed by atoms with Crippen molar-refractivity contribution in [2.75, 3.05) is 6.61 Å². The van der Waals surface area contributed by atoms with Crippen LogP contribution in [0, 0.1) is 17.8 Å². The topological polar surface area (TPSA) is 74.4 Å². The molecule has 5 rings (SSSR count). The van der Waals surface area contributed by atoms with E-state index in [0.29, 0.717) is 17.8 Å². The highest BCUT2D eigenvalue weighted by atomic mass is 16.7. The van der Waals surface area contributed by atoms with Crippen molar-refractivity contribution in [1.82, 2.24) is 0 Å². The molecule has 0 aromatic heterocycles. The van der Waals surface area contributed by atoms with Crippen LogP contribution in [0.5, 0.6) is 0 Å². The van der Waals surface area contributed by atoms with E-state index in [0.717, 1.165) is 5.57 Å². The molecule has 1 spiro atoms. The van der Waals surface area contributed by atoms with Gasteiger partial charge in [0.05, 0.1) is 18.6 Å². The molecule has 0 radical (unpaired) electrons. The number of allylic oxidation sites excluding steroid dienone is 1. The van der Waals surface area contributed by atoms with E-state index < -0.39 is 35.7 Å². The average Bonchev–Trinajstić information content (AvgIpc) is 3.16. The van der Waals surface area contributed by atoms with Crippen LogP contribution >= 0.6 is 0 Å². The Labute approximate surface area is 151 Å². The zero-order valence-corrected chi connectivity index (χ0v) is 15.1. The van der Waals surface area contributed by atoms with E-state index in [2.05, 4.69) is 12.7 Å². The van der Waals surface area contributed by atoms with E-state index in [9.17, 15) is 9.59 Å². The second-order valence-corrected chi connectivity index (χ2v) is 7.99. The molecule has 3 aliphatic heterocycles. The third-order valence-electron chi connectivity index (χ3n) is 6.79. The number of carbonyl (C=O) groups excluding carboxylic acids is 2. The summed E-state index contributed by atoms with van der Waals surface area (Å²) >= 11 is 0. The number of esters is 2. The van der Waals surface area contributed by atoms with Gasteiger partial charge in [0.2, 0.25) is 0 Å². The highest BCUT2D eigenvalue weighted by Gasteiger charge is 2.76. The maximum Gasteiger partial charge on any atom is 0.334 e. The second-order valence-electron chi connectivity index (χ2n) is 7.99. The molecule has 0 N–H and O–H groups in total. The number of rotatable bonds is 2. The lowest BCUT2D eigenvalue weighted by Crippen LogP contribution is -2.46. The van der Waals surface area contributed by atoms with Crippen LogP contribution in [0.2, 0.25) is 0 Å². The van der Waals surface area contributed by atoms with Gasteiger partial charge in [-0.3, -0.25) is 0 Å². The van der Waals surface area contributed by atoms with Crippen LogP contribution in [0.4, 0.5) is 0 Å². The Morgan fingerprint density at radius 3 is 2.81 bits per heavy atom. The molecule has 2 bridgehead atoms. The minimum atomic E-state index is -0.652. The average molecular weight is 358 g/mol. The molecule has 138 valence electrons. The van der Waals surface area contributed by atoms with Gasteiger partial charge >= 0.3 is 11.9 Å². The fraction of sp³-hybridized carbons (Fsp3) is 0.600. The predicted molar refractivity (Wildman–Crippen MR) is 89.9 cm³/mol. The van der Waals surface area contributed by atoms with Gasteiger partial charge in [0.25, 0.3) is 0 Å². The summed E-state index contributed by atoms with van der Waals surface area (Å²) in [6.07, 6.45) is 2.26. The molecule has 6 nitrogen and oxygen atoms in total. The summed E-state index contributed by atoms with van der Waals surface area (Å²) in [5, 5.41) is 0. The minimum Gasteiger partial charge on any atom is -0.458 e. The fourth-order valence-electron chi connectivity index (χ4n) is 5.35. The lowest BCUT2D eigenvalue weighted by molar-refractivity contribution is -0.161. The van der Waals surface area contributed by atoms with Crippen molar-refractivity contribution >= 4 is 11.9 Å². The monoisotopic (exact) mass is 358 g/mol. The van der Waals surface area contributed by atoms with E-state index >= 15 is 0 Å². The Bertz CT molecular complexity index is 788. The largest absolute Gasteiger partial charge is 0.458 e. The molecule has 8 atom stereocenters. The first-order valence-electron chi connectivity index (χ1n) is 9.10. The Hall–Kier alpha value is -1.92. The molecule has 3 saturated heterocycles. The zero-order chi connectivity index (χ0) is 18.4. The molecular formula is C20H22O6. The van der Waals surface area contributed by atoms with Gasteiger partial charge in [-0.15, -0.1) is 0 Å². The van der Waals surface area contributed by atoms with Crippen LogP contribution in [-0.2, 0) is 28.5 Å². The lowest BCUT2D eigenvalue weighted by atomic mass is 9.78. The summed E-state index contributed by atoms with van der Waals surface area (Å²) in [6.45, 7) is 10.1. The number of fused-ring (bicyclic) bond motifs is 2. The first-order chi connectivity index (χ1) is 12.4.